The minimum atomic E-state index is -1.72. The van der Waals surface area contributed by atoms with E-state index in [-0.39, 0.29) is 23.8 Å². The molecular formula is C11H14N2O5. The molecule has 7 heteroatoms. The number of esters is 1. The summed E-state index contributed by atoms with van der Waals surface area (Å²) >= 11 is 0. The van der Waals surface area contributed by atoms with Crippen LogP contribution >= 0.6 is 0 Å². The molecule has 1 amide bonds. The molecule has 1 aliphatic heterocycles. The van der Waals surface area contributed by atoms with Gasteiger partial charge in [0.15, 0.2) is 5.76 Å². The number of rotatable bonds is 4. The fraction of sp³-hybridized carbons (Fsp3) is 0.545. The summed E-state index contributed by atoms with van der Waals surface area (Å²) in [6, 6.07) is -1.72. The van der Waals surface area contributed by atoms with Crippen LogP contribution in [0, 0.1) is 16.0 Å². The first-order valence-corrected chi connectivity index (χ1v) is 5.46. The van der Waals surface area contributed by atoms with E-state index in [4.69, 9.17) is 4.74 Å². The zero-order valence-electron chi connectivity index (χ0n) is 10.4. The van der Waals surface area contributed by atoms with Gasteiger partial charge in [-0.1, -0.05) is 13.8 Å². The third kappa shape index (κ3) is 3.47. The second kappa shape index (κ2) is 5.52. The van der Waals surface area contributed by atoms with Crippen LogP contribution in [0.3, 0.4) is 0 Å². The molecular weight excluding hydrogens is 240 g/mol. The second-order valence-corrected chi connectivity index (χ2v) is 4.40. The Balaban J connectivity index is 2.89. The van der Waals surface area contributed by atoms with Crippen molar-refractivity contribution in [2.45, 2.75) is 33.2 Å². The van der Waals surface area contributed by atoms with Crippen molar-refractivity contribution in [3.05, 3.63) is 21.9 Å². The first kappa shape index (κ1) is 14.0. The summed E-state index contributed by atoms with van der Waals surface area (Å²) in [6.45, 7) is 5.14. The van der Waals surface area contributed by atoms with E-state index in [1.807, 2.05) is 13.8 Å². The molecule has 0 spiro atoms. The molecule has 0 saturated carbocycles. The van der Waals surface area contributed by atoms with Crippen molar-refractivity contribution in [1.29, 1.82) is 0 Å². The average molecular weight is 254 g/mol. The summed E-state index contributed by atoms with van der Waals surface area (Å²) in [5.41, 5.74) is 0.283. The first-order chi connectivity index (χ1) is 8.31. The predicted octanol–water partition coefficient (Wildman–Crippen LogP) is 1.11. The maximum absolute atomic E-state index is 11.5. The average Bonchev–Trinajstić information content (AvgIpc) is 2.12. The molecule has 1 aliphatic rings. The molecule has 0 fully saturated rings. The molecule has 0 saturated heterocycles. The monoisotopic (exact) mass is 254 g/mol. The van der Waals surface area contributed by atoms with Gasteiger partial charge < -0.3 is 4.74 Å². The standard InChI is InChI=1S/C11H14N2O5/c1-6(2)4-9(14)18-8-5-7(3)12-11(15)10(8)13(16)17/h5-6,10H,4H2,1-3H3. The molecule has 0 aromatic carbocycles. The number of nitrogens with zero attached hydrogens (tertiary/aromatic N) is 2. The van der Waals surface area contributed by atoms with E-state index in [2.05, 4.69) is 4.99 Å². The lowest BCUT2D eigenvalue weighted by atomic mass is 10.1. The van der Waals surface area contributed by atoms with Crippen LogP contribution in [0.2, 0.25) is 0 Å². The van der Waals surface area contributed by atoms with E-state index in [1.54, 1.807) is 0 Å². The lowest BCUT2D eigenvalue weighted by Gasteiger charge is -2.15. The molecule has 98 valence electrons. The number of dihydropyridines is 1. The zero-order valence-corrected chi connectivity index (χ0v) is 10.4. The number of hydrogen-bond donors (Lipinski definition) is 0. The van der Waals surface area contributed by atoms with Crippen molar-refractivity contribution >= 4 is 17.6 Å². The van der Waals surface area contributed by atoms with E-state index in [0.717, 1.165) is 0 Å². The largest absolute Gasteiger partial charge is 0.423 e. The Kier molecular flexibility index (Phi) is 4.30. The van der Waals surface area contributed by atoms with Gasteiger partial charge in [-0.25, -0.2) is 4.99 Å². The molecule has 1 unspecified atom stereocenters. The van der Waals surface area contributed by atoms with Crippen molar-refractivity contribution in [2.24, 2.45) is 10.9 Å². The Morgan fingerprint density at radius 1 is 1.61 bits per heavy atom. The smallest absolute Gasteiger partial charge is 0.348 e. The summed E-state index contributed by atoms with van der Waals surface area (Å²) in [7, 11) is 0. The SMILES string of the molecule is CC1=NC(=O)C([N+](=O)[O-])C(OC(=O)CC(C)C)=C1. The van der Waals surface area contributed by atoms with Crippen LogP contribution in [-0.2, 0) is 14.3 Å². The van der Waals surface area contributed by atoms with Crippen LogP contribution in [0.25, 0.3) is 0 Å². The molecule has 0 aromatic heterocycles. The molecule has 0 aromatic rings. The van der Waals surface area contributed by atoms with Gasteiger partial charge >= 0.3 is 17.9 Å². The van der Waals surface area contributed by atoms with Crippen LogP contribution in [0.4, 0.5) is 0 Å². The number of allylic oxidation sites excluding steroid dienone is 1. The van der Waals surface area contributed by atoms with Gasteiger partial charge in [0, 0.05) is 23.1 Å². The number of amides is 1. The molecule has 1 rings (SSSR count). The lowest BCUT2D eigenvalue weighted by Crippen LogP contribution is -2.35. The number of nitro groups is 1. The third-order valence-corrected chi connectivity index (χ3v) is 2.16. The van der Waals surface area contributed by atoms with Crippen molar-refractivity contribution in [2.75, 3.05) is 0 Å². The number of ether oxygens (including phenoxy) is 1. The zero-order chi connectivity index (χ0) is 13.9. The van der Waals surface area contributed by atoms with Crippen molar-refractivity contribution in [3.63, 3.8) is 0 Å². The number of carbonyl (C=O) groups is 2. The molecule has 18 heavy (non-hydrogen) atoms. The minimum Gasteiger partial charge on any atom is -0.423 e. The fourth-order valence-corrected chi connectivity index (χ4v) is 1.46. The lowest BCUT2D eigenvalue weighted by molar-refractivity contribution is -0.501. The van der Waals surface area contributed by atoms with Crippen LogP contribution in [0.5, 0.6) is 0 Å². The van der Waals surface area contributed by atoms with E-state index in [1.165, 1.54) is 13.0 Å². The predicted molar refractivity (Wildman–Crippen MR) is 62.5 cm³/mol. The quantitative estimate of drug-likeness (QED) is 0.425. The van der Waals surface area contributed by atoms with Gasteiger partial charge in [-0.2, -0.15) is 0 Å². The van der Waals surface area contributed by atoms with Crippen LogP contribution in [0.15, 0.2) is 16.8 Å². The van der Waals surface area contributed by atoms with Crippen LogP contribution in [0.1, 0.15) is 27.2 Å². The maximum atomic E-state index is 11.5. The van der Waals surface area contributed by atoms with Gasteiger partial charge in [0.05, 0.1) is 0 Å². The van der Waals surface area contributed by atoms with Crippen molar-refractivity contribution < 1.29 is 19.2 Å². The first-order valence-electron chi connectivity index (χ1n) is 5.46. The van der Waals surface area contributed by atoms with E-state index < -0.39 is 22.8 Å². The van der Waals surface area contributed by atoms with E-state index >= 15 is 0 Å². The summed E-state index contributed by atoms with van der Waals surface area (Å²) < 4.78 is 4.90. The summed E-state index contributed by atoms with van der Waals surface area (Å²) in [5, 5.41) is 10.8. The van der Waals surface area contributed by atoms with Gasteiger partial charge in [0.1, 0.15) is 0 Å². The Morgan fingerprint density at radius 2 is 2.22 bits per heavy atom. The highest BCUT2D eigenvalue weighted by molar-refractivity contribution is 6.06. The molecule has 0 N–H and O–H groups in total. The normalized spacial score (nSPS) is 19.3. The number of aliphatic imine (C=N–C) groups is 1. The summed E-state index contributed by atoms with van der Waals surface area (Å²) in [5.74, 6) is -1.71. The Labute approximate surface area is 104 Å². The highest BCUT2D eigenvalue weighted by Crippen LogP contribution is 2.17. The summed E-state index contributed by atoms with van der Waals surface area (Å²) in [6.07, 6.45) is 1.37. The van der Waals surface area contributed by atoms with Crippen LogP contribution < -0.4 is 0 Å². The highest BCUT2D eigenvalue weighted by Gasteiger charge is 2.39. The topological polar surface area (TPSA) is 98.9 Å². The Morgan fingerprint density at radius 3 is 2.72 bits per heavy atom. The van der Waals surface area contributed by atoms with Gasteiger partial charge in [0.25, 0.3) is 0 Å². The highest BCUT2D eigenvalue weighted by atomic mass is 16.6. The van der Waals surface area contributed by atoms with Crippen molar-refractivity contribution in [3.8, 4) is 0 Å². The van der Waals surface area contributed by atoms with Gasteiger partial charge in [-0.05, 0) is 12.8 Å². The van der Waals surface area contributed by atoms with E-state index in [0.29, 0.717) is 0 Å². The molecule has 1 atom stereocenters. The molecule has 0 bridgehead atoms. The van der Waals surface area contributed by atoms with Crippen molar-refractivity contribution in [1.82, 2.24) is 0 Å². The third-order valence-electron chi connectivity index (χ3n) is 2.16. The second-order valence-electron chi connectivity index (χ2n) is 4.40. The number of hydrogen-bond acceptors (Lipinski definition) is 5. The molecule has 1 heterocycles. The minimum absolute atomic E-state index is 0.0706. The number of carbonyl (C=O) groups excluding carboxylic acids is 2. The van der Waals surface area contributed by atoms with Gasteiger partial charge in [-0.3, -0.25) is 19.7 Å². The maximum Gasteiger partial charge on any atom is 0.348 e. The van der Waals surface area contributed by atoms with E-state index in [9.17, 15) is 19.7 Å². The van der Waals surface area contributed by atoms with Gasteiger partial charge in [-0.15, -0.1) is 0 Å². The Hall–Kier alpha value is -2.05. The molecule has 0 aliphatic carbocycles. The molecule has 7 nitrogen and oxygen atoms in total. The van der Waals surface area contributed by atoms with Gasteiger partial charge in [0.2, 0.25) is 0 Å². The van der Waals surface area contributed by atoms with Crippen LogP contribution in [-0.4, -0.2) is 28.6 Å². The molecule has 0 radical (unpaired) electrons. The Bertz CT molecular complexity index is 450. The fourth-order valence-electron chi connectivity index (χ4n) is 1.46. The summed E-state index contributed by atoms with van der Waals surface area (Å²) in [4.78, 5) is 36.3.